The lowest BCUT2D eigenvalue weighted by Crippen LogP contribution is -2.21. The molecule has 0 aliphatic rings. The topological polar surface area (TPSA) is 84.8 Å². The second-order valence-corrected chi connectivity index (χ2v) is 8.42. The van der Waals surface area contributed by atoms with Crippen LogP contribution in [0.3, 0.4) is 0 Å². The van der Waals surface area contributed by atoms with Gasteiger partial charge in [-0.3, -0.25) is 4.79 Å². The first kappa shape index (κ1) is 25.7. The summed E-state index contributed by atoms with van der Waals surface area (Å²) < 4.78 is 110. The molecule has 0 fully saturated rings. The van der Waals surface area contributed by atoms with Crippen molar-refractivity contribution in [2.45, 2.75) is 17.5 Å². The molecule has 6 nitrogen and oxygen atoms in total. The number of alkyl halides is 3. The van der Waals surface area contributed by atoms with E-state index >= 15 is 0 Å². The Kier molecular flexibility index (Phi) is 7.48. The molecule has 0 bridgehead atoms. The Bertz CT molecular complexity index is 1380. The summed E-state index contributed by atoms with van der Waals surface area (Å²) in [6.45, 7) is 0. The van der Waals surface area contributed by atoms with Gasteiger partial charge in [-0.25, -0.2) is 18.6 Å². The Hall–Kier alpha value is -3.87. The Morgan fingerprint density at radius 1 is 0.971 bits per heavy atom. The third kappa shape index (κ3) is 6.38. The van der Waals surface area contributed by atoms with Gasteiger partial charge < -0.3 is 4.18 Å². The minimum absolute atomic E-state index is 0.0999. The quantitative estimate of drug-likeness (QED) is 0.164. The van der Waals surface area contributed by atoms with E-state index in [1.54, 1.807) is 6.07 Å². The Morgan fingerprint density at radius 2 is 1.66 bits per heavy atom. The van der Waals surface area contributed by atoms with Crippen molar-refractivity contribution in [3.63, 3.8) is 0 Å². The number of hydrogen-bond acceptors (Lipinski definition) is 5. The van der Waals surface area contributed by atoms with Crippen LogP contribution in [0.4, 0.5) is 26.3 Å². The molecule has 3 rings (SSSR count). The molecule has 35 heavy (non-hydrogen) atoms. The van der Waals surface area contributed by atoms with Crippen LogP contribution < -0.4 is 9.61 Å². The zero-order chi connectivity index (χ0) is 25.8. The normalized spacial score (nSPS) is 12.1. The van der Waals surface area contributed by atoms with Crippen LogP contribution in [0.15, 0.2) is 70.7 Å². The lowest BCUT2D eigenvalue weighted by molar-refractivity contribution is -0.137. The van der Waals surface area contributed by atoms with Crippen LogP contribution in [0.5, 0.6) is 5.75 Å². The van der Waals surface area contributed by atoms with Gasteiger partial charge in [0.25, 0.3) is 0 Å². The summed E-state index contributed by atoms with van der Waals surface area (Å²) in [5.74, 6) is -5.97. The van der Waals surface area contributed by atoms with E-state index in [0.717, 1.165) is 6.07 Å². The maximum atomic E-state index is 13.7. The van der Waals surface area contributed by atoms with E-state index in [0.29, 0.717) is 30.5 Å². The lowest BCUT2D eigenvalue weighted by Gasteiger charge is -2.12. The average molecular weight is 516 g/mol. The molecule has 3 aromatic rings. The number of halogens is 6. The van der Waals surface area contributed by atoms with Gasteiger partial charge in [0, 0.05) is 11.1 Å². The second-order valence-electron chi connectivity index (χ2n) is 6.91. The van der Waals surface area contributed by atoms with E-state index in [9.17, 15) is 39.6 Å². The first-order valence-corrected chi connectivity index (χ1v) is 10.9. The number of nitrogens with one attached hydrogen (secondary N) is 1. The molecule has 0 aromatic heterocycles. The third-order valence-electron chi connectivity index (χ3n) is 4.41. The fraction of sp³-hybridized carbons (Fsp3) is 0.0909. The van der Waals surface area contributed by atoms with E-state index in [-0.39, 0.29) is 5.75 Å². The largest absolute Gasteiger partial charge is 0.416 e. The monoisotopic (exact) mass is 516 g/mol. The van der Waals surface area contributed by atoms with Gasteiger partial charge in [0.15, 0.2) is 17.5 Å². The van der Waals surface area contributed by atoms with Crippen LogP contribution >= 0.6 is 0 Å². The zero-order valence-corrected chi connectivity index (χ0v) is 18.1. The highest BCUT2D eigenvalue weighted by molar-refractivity contribution is 7.87. The van der Waals surface area contributed by atoms with Crippen molar-refractivity contribution >= 4 is 22.2 Å². The molecule has 0 unspecified atom stereocenters. The maximum Gasteiger partial charge on any atom is 0.416 e. The summed E-state index contributed by atoms with van der Waals surface area (Å²) in [6, 6.07) is 10.3. The van der Waals surface area contributed by atoms with Gasteiger partial charge in [0.1, 0.15) is 10.6 Å². The smallest absolute Gasteiger partial charge is 0.379 e. The van der Waals surface area contributed by atoms with Crippen LogP contribution in [0.1, 0.15) is 16.7 Å². The van der Waals surface area contributed by atoms with Gasteiger partial charge >= 0.3 is 16.3 Å². The highest BCUT2D eigenvalue weighted by Crippen LogP contribution is 2.32. The minimum Gasteiger partial charge on any atom is -0.379 e. The Morgan fingerprint density at radius 3 is 2.31 bits per heavy atom. The zero-order valence-electron chi connectivity index (χ0n) is 17.3. The van der Waals surface area contributed by atoms with Gasteiger partial charge in [-0.1, -0.05) is 24.3 Å². The Labute approximate surface area is 195 Å². The molecule has 1 amide bonds. The Balaban J connectivity index is 1.86. The van der Waals surface area contributed by atoms with Crippen molar-refractivity contribution in [2.75, 3.05) is 0 Å². The number of hydrazone groups is 1. The van der Waals surface area contributed by atoms with Gasteiger partial charge in [0.05, 0.1) is 18.2 Å². The maximum absolute atomic E-state index is 13.7. The van der Waals surface area contributed by atoms with Crippen LogP contribution in [-0.2, 0) is 27.5 Å². The number of hydrogen-bond donors (Lipinski definition) is 1. The van der Waals surface area contributed by atoms with E-state index in [2.05, 4.69) is 5.10 Å². The third-order valence-corrected chi connectivity index (χ3v) is 5.74. The van der Waals surface area contributed by atoms with Crippen molar-refractivity contribution in [2.24, 2.45) is 5.10 Å². The number of carbonyl (C=O) groups excluding carboxylic acids is 1. The van der Waals surface area contributed by atoms with E-state index in [1.807, 2.05) is 5.43 Å². The van der Waals surface area contributed by atoms with Crippen LogP contribution in [0, 0.1) is 17.5 Å². The minimum atomic E-state index is -4.82. The number of amides is 1. The highest BCUT2D eigenvalue weighted by atomic mass is 32.2. The number of carbonyl (C=O) groups is 1. The predicted octanol–water partition coefficient (Wildman–Crippen LogP) is 4.58. The molecule has 0 radical (unpaired) electrons. The van der Waals surface area contributed by atoms with E-state index in [4.69, 9.17) is 4.18 Å². The van der Waals surface area contributed by atoms with E-state index < -0.39 is 67.7 Å². The predicted molar refractivity (Wildman–Crippen MR) is 111 cm³/mol. The molecule has 0 saturated heterocycles. The first-order valence-electron chi connectivity index (χ1n) is 9.53. The van der Waals surface area contributed by atoms with Crippen molar-refractivity contribution in [1.29, 1.82) is 0 Å². The van der Waals surface area contributed by atoms with Gasteiger partial charge in [-0.05, 0) is 36.4 Å². The summed E-state index contributed by atoms with van der Waals surface area (Å²) >= 11 is 0. The van der Waals surface area contributed by atoms with Crippen molar-refractivity contribution in [3.8, 4) is 5.75 Å². The molecule has 184 valence electrons. The van der Waals surface area contributed by atoms with Crippen molar-refractivity contribution < 1.29 is 43.7 Å². The second kappa shape index (κ2) is 10.2. The average Bonchev–Trinajstić information content (AvgIpc) is 2.79. The summed E-state index contributed by atoms with van der Waals surface area (Å²) in [7, 11) is -4.62. The summed E-state index contributed by atoms with van der Waals surface area (Å²) in [6.07, 6.45) is -4.99. The fourth-order valence-corrected chi connectivity index (χ4v) is 3.88. The van der Waals surface area contributed by atoms with Crippen LogP contribution in [-0.4, -0.2) is 20.5 Å². The number of nitrogens with zero attached hydrogens (tertiary/aromatic N) is 1. The molecule has 3 aromatic carbocycles. The molecule has 0 spiro atoms. The number of benzene rings is 3. The number of para-hydroxylation sites is 1. The van der Waals surface area contributed by atoms with Crippen LogP contribution in [0.25, 0.3) is 0 Å². The molecule has 13 heteroatoms. The molecule has 0 aliphatic carbocycles. The van der Waals surface area contributed by atoms with Crippen molar-refractivity contribution in [3.05, 3.63) is 94.8 Å². The molecule has 0 aliphatic heterocycles. The SMILES string of the molecule is O=C(Cc1ccc(F)c(F)c1F)N/N=C/c1cc(C(F)(F)F)ccc1S(=O)(=O)Oc1ccccc1. The summed E-state index contributed by atoms with van der Waals surface area (Å²) in [5.41, 5.74) is -0.421. The lowest BCUT2D eigenvalue weighted by atomic mass is 10.1. The molecule has 0 atom stereocenters. The van der Waals surface area contributed by atoms with Gasteiger partial charge in [-0.15, -0.1) is 0 Å². The summed E-state index contributed by atoms with van der Waals surface area (Å²) in [5, 5.41) is 3.41. The molecular formula is C22H14F6N2O4S. The summed E-state index contributed by atoms with van der Waals surface area (Å²) in [4.78, 5) is 11.3. The molecule has 0 saturated carbocycles. The van der Waals surface area contributed by atoms with Crippen molar-refractivity contribution in [1.82, 2.24) is 5.43 Å². The van der Waals surface area contributed by atoms with Crippen LogP contribution in [0.2, 0.25) is 0 Å². The first-order chi connectivity index (χ1) is 16.4. The molecule has 0 heterocycles. The van der Waals surface area contributed by atoms with E-state index in [1.165, 1.54) is 24.3 Å². The van der Waals surface area contributed by atoms with Gasteiger partial charge in [0.2, 0.25) is 5.91 Å². The molecular weight excluding hydrogens is 502 g/mol. The van der Waals surface area contributed by atoms with Gasteiger partial charge in [-0.2, -0.15) is 26.7 Å². The fourth-order valence-electron chi connectivity index (χ4n) is 2.79. The number of rotatable bonds is 7. The highest BCUT2D eigenvalue weighted by Gasteiger charge is 2.32. The standard InChI is InChI=1S/C22H14F6N2O4S/c23-17-8-6-13(20(24)21(17)25)11-19(31)30-29-12-14-10-15(22(26,27)28)7-9-18(14)35(32,33)34-16-4-2-1-3-5-16/h1-10,12H,11H2,(H,30,31)/b29-12+. The molecule has 1 N–H and O–H groups in total.